The van der Waals surface area contributed by atoms with Gasteiger partial charge in [-0.1, -0.05) is 25.1 Å². The average Bonchev–Trinajstić information content (AvgIpc) is 2.72. The van der Waals surface area contributed by atoms with Crippen molar-refractivity contribution in [1.82, 2.24) is 0 Å². The summed E-state index contributed by atoms with van der Waals surface area (Å²) in [5.74, 6) is -0.00504. The highest BCUT2D eigenvalue weighted by Crippen LogP contribution is 2.38. The Morgan fingerprint density at radius 3 is 2.41 bits per heavy atom. The third kappa shape index (κ3) is 5.29. The summed E-state index contributed by atoms with van der Waals surface area (Å²) >= 11 is 6.23. The lowest BCUT2D eigenvalue weighted by atomic mass is 9.96. The zero-order chi connectivity index (χ0) is 21.6. The number of nitrogens with one attached hydrogen (secondary N) is 2. The predicted molar refractivity (Wildman–Crippen MR) is 118 cm³/mol. The third-order valence-electron chi connectivity index (χ3n) is 4.42. The highest BCUT2D eigenvalue weighted by Gasteiger charge is 2.28. The molecular weight excluding hydrogens is 390 g/mol. The van der Waals surface area contributed by atoms with Gasteiger partial charge in [-0.3, -0.25) is 5.41 Å². The molecule has 2 rings (SSSR count). The van der Waals surface area contributed by atoms with Crippen LogP contribution in [0.2, 0.25) is 0 Å². The lowest BCUT2D eigenvalue weighted by Gasteiger charge is -2.23. The molecule has 0 heterocycles. The minimum Gasteiger partial charge on any atom is -0.493 e. The van der Waals surface area contributed by atoms with Crippen molar-refractivity contribution in [3.8, 4) is 5.75 Å². The van der Waals surface area contributed by atoms with Crippen LogP contribution in [0.3, 0.4) is 0 Å². The Labute approximate surface area is 176 Å². The van der Waals surface area contributed by atoms with Gasteiger partial charge in [0.2, 0.25) is 0 Å². The van der Waals surface area contributed by atoms with E-state index in [1.165, 1.54) is 7.11 Å². The number of hydrogen-bond donors (Lipinski definition) is 3. The fourth-order valence-electron chi connectivity index (χ4n) is 2.93. The van der Waals surface area contributed by atoms with E-state index in [1.807, 2.05) is 26.0 Å². The Morgan fingerprint density at radius 2 is 1.93 bits per heavy atom. The molecule has 0 aliphatic heterocycles. The summed E-state index contributed by atoms with van der Waals surface area (Å²) in [6, 6.07) is 9.91. The summed E-state index contributed by atoms with van der Waals surface area (Å²) < 4.78 is 10.9. The molecular formula is C22H26ClN3O3. The second-order valence-electron chi connectivity index (χ2n) is 6.34. The molecule has 7 heteroatoms. The number of hydrogen-bond acceptors (Lipinski definition) is 5. The number of ether oxygens (including phenoxy) is 2. The first-order valence-corrected chi connectivity index (χ1v) is 9.63. The van der Waals surface area contributed by atoms with Gasteiger partial charge < -0.3 is 20.5 Å². The monoisotopic (exact) mass is 415 g/mol. The summed E-state index contributed by atoms with van der Waals surface area (Å²) in [6.45, 7) is 8.11. The van der Waals surface area contributed by atoms with Crippen LogP contribution in [-0.2, 0) is 16.0 Å². The summed E-state index contributed by atoms with van der Waals surface area (Å²) in [5.41, 5.74) is 9.02. The Morgan fingerprint density at radius 1 is 1.28 bits per heavy atom. The Hall–Kier alpha value is -2.99. The van der Waals surface area contributed by atoms with E-state index in [4.69, 9.17) is 32.2 Å². The van der Waals surface area contributed by atoms with Gasteiger partial charge in [0.1, 0.15) is 11.6 Å². The number of rotatable bonds is 9. The first-order chi connectivity index (χ1) is 13.8. The van der Waals surface area contributed by atoms with E-state index in [0.717, 1.165) is 12.0 Å². The molecule has 0 aromatic heterocycles. The van der Waals surface area contributed by atoms with Gasteiger partial charge in [-0.2, -0.15) is 0 Å². The first kappa shape index (κ1) is 22.3. The number of esters is 1. The van der Waals surface area contributed by atoms with Crippen LogP contribution in [-0.4, -0.2) is 25.5 Å². The minimum absolute atomic E-state index is 0.0272. The number of methoxy groups -OCH3 is 1. The maximum atomic E-state index is 12.7. The number of carbonyl (C=O) groups is 1. The fourth-order valence-corrected chi connectivity index (χ4v) is 3.07. The quantitative estimate of drug-likeness (QED) is 0.319. The average molecular weight is 416 g/mol. The van der Waals surface area contributed by atoms with Crippen molar-refractivity contribution < 1.29 is 14.3 Å². The summed E-state index contributed by atoms with van der Waals surface area (Å²) in [5, 5.41) is 11.0. The zero-order valence-electron chi connectivity index (χ0n) is 16.8. The number of aryl methyl sites for hydroxylation is 1. The van der Waals surface area contributed by atoms with Crippen LogP contribution < -0.4 is 15.8 Å². The van der Waals surface area contributed by atoms with Crippen LogP contribution in [0.25, 0.3) is 5.03 Å². The molecule has 0 amide bonds. The van der Waals surface area contributed by atoms with Crippen molar-refractivity contribution in [2.45, 2.75) is 26.3 Å². The largest absolute Gasteiger partial charge is 0.493 e. The molecule has 0 bridgehead atoms. The maximum absolute atomic E-state index is 12.7. The fraction of sp³-hybridized carbons (Fsp3) is 0.273. The number of amidine groups is 1. The normalized spacial score (nSPS) is 11.4. The number of halogens is 1. The van der Waals surface area contributed by atoms with Gasteiger partial charge in [0.15, 0.2) is 6.04 Å². The summed E-state index contributed by atoms with van der Waals surface area (Å²) in [7, 11) is 1.33. The molecule has 0 saturated heterocycles. The standard InChI is InChI=1S/C22H26ClN3O3/c1-5-14-11-17(13(3)23)20(29-6-2)18(12-14)19(22(27)28-4)26-16-9-7-15(8-10-16)21(24)25/h7-12,19,26H,3,5-6H2,1-2,4H3,(H3,24,25). The van der Waals surface area contributed by atoms with E-state index in [-0.39, 0.29) is 5.84 Å². The number of nitrogen functional groups attached to an aromatic ring is 1. The van der Waals surface area contributed by atoms with Gasteiger partial charge >= 0.3 is 5.97 Å². The smallest absolute Gasteiger partial charge is 0.333 e. The highest BCUT2D eigenvalue weighted by molar-refractivity contribution is 6.48. The molecule has 0 fully saturated rings. The number of carbonyl (C=O) groups excluding carboxylic acids is 1. The van der Waals surface area contributed by atoms with Crippen molar-refractivity contribution in [2.75, 3.05) is 19.0 Å². The molecule has 0 saturated carbocycles. The molecule has 0 aliphatic rings. The lowest BCUT2D eigenvalue weighted by molar-refractivity contribution is -0.141. The molecule has 0 aliphatic carbocycles. The van der Waals surface area contributed by atoms with Gasteiger partial charge in [-0.25, -0.2) is 4.79 Å². The van der Waals surface area contributed by atoms with Crippen LogP contribution >= 0.6 is 11.6 Å². The van der Waals surface area contributed by atoms with Gasteiger partial charge in [0.25, 0.3) is 0 Å². The summed E-state index contributed by atoms with van der Waals surface area (Å²) in [4.78, 5) is 12.7. The van der Waals surface area contributed by atoms with E-state index in [9.17, 15) is 4.79 Å². The van der Waals surface area contributed by atoms with Crippen molar-refractivity contribution in [3.05, 3.63) is 65.2 Å². The summed E-state index contributed by atoms with van der Waals surface area (Å²) in [6.07, 6.45) is 0.748. The molecule has 29 heavy (non-hydrogen) atoms. The lowest BCUT2D eigenvalue weighted by Crippen LogP contribution is -2.24. The molecule has 0 spiro atoms. The number of benzene rings is 2. The van der Waals surface area contributed by atoms with E-state index in [0.29, 0.717) is 39.8 Å². The molecule has 154 valence electrons. The molecule has 1 unspecified atom stereocenters. The molecule has 1 atom stereocenters. The SMILES string of the molecule is C=C(Cl)c1cc(CC)cc(C(Nc2ccc(C(=N)N)cc2)C(=O)OC)c1OCC. The maximum Gasteiger partial charge on any atom is 0.333 e. The second-order valence-corrected chi connectivity index (χ2v) is 6.80. The van der Waals surface area contributed by atoms with Gasteiger partial charge in [0, 0.05) is 27.4 Å². The molecule has 2 aromatic rings. The number of nitrogens with two attached hydrogens (primary N) is 1. The van der Waals surface area contributed by atoms with Gasteiger partial charge in [-0.15, -0.1) is 0 Å². The first-order valence-electron chi connectivity index (χ1n) is 9.25. The zero-order valence-corrected chi connectivity index (χ0v) is 17.6. The van der Waals surface area contributed by atoms with Gasteiger partial charge in [0.05, 0.1) is 13.7 Å². The van der Waals surface area contributed by atoms with E-state index in [2.05, 4.69) is 11.9 Å². The van der Waals surface area contributed by atoms with Crippen LogP contribution in [0.5, 0.6) is 5.75 Å². The van der Waals surface area contributed by atoms with E-state index in [1.54, 1.807) is 24.3 Å². The van der Waals surface area contributed by atoms with E-state index < -0.39 is 12.0 Å². The minimum atomic E-state index is -0.828. The van der Waals surface area contributed by atoms with Crippen LogP contribution in [0.1, 0.15) is 42.1 Å². The number of anilines is 1. The van der Waals surface area contributed by atoms with Crippen molar-refractivity contribution in [1.29, 1.82) is 5.41 Å². The Balaban J connectivity index is 2.58. The Bertz CT molecular complexity index is 910. The van der Waals surface area contributed by atoms with Gasteiger partial charge in [-0.05, 0) is 55.3 Å². The van der Waals surface area contributed by atoms with Crippen molar-refractivity contribution in [3.63, 3.8) is 0 Å². The van der Waals surface area contributed by atoms with Crippen molar-refractivity contribution in [2.24, 2.45) is 5.73 Å². The molecule has 6 nitrogen and oxygen atoms in total. The van der Waals surface area contributed by atoms with Crippen LogP contribution in [0.15, 0.2) is 43.0 Å². The predicted octanol–water partition coefficient (Wildman–Crippen LogP) is 4.47. The highest BCUT2D eigenvalue weighted by atomic mass is 35.5. The third-order valence-corrected chi connectivity index (χ3v) is 4.63. The second kappa shape index (κ2) is 9.98. The molecule has 2 aromatic carbocycles. The topological polar surface area (TPSA) is 97.4 Å². The molecule has 0 radical (unpaired) electrons. The Kier molecular flexibility index (Phi) is 7.67. The van der Waals surface area contributed by atoms with Crippen LogP contribution in [0, 0.1) is 5.41 Å². The van der Waals surface area contributed by atoms with Crippen molar-refractivity contribution >= 4 is 34.1 Å². The molecule has 4 N–H and O–H groups in total. The van der Waals surface area contributed by atoms with Crippen LogP contribution in [0.4, 0.5) is 5.69 Å². The van der Waals surface area contributed by atoms with E-state index >= 15 is 0 Å².